The normalized spacial score (nSPS) is 12.1. The van der Waals surface area contributed by atoms with Gasteiger partial charge in [0.2, 0.25) is 0 Å². The minimum absolute atomic E-state index is 0.318. The smallest absolute Gasteiger partial charge is 0.0433 e. The summed E-state index contributed by atoms with van der Waals surface area (Å²) in [6.07, 6.45) is 9.39. The van der Waals surface area contributed by atoms with E-state index < -0.39 is 0 Å². The lowest BCUT2D eigenvalue weighted by Gasteiger charge is -1.99. The molecular weight excluding hydrogens is 148 g/mol. The third-order valence-electron chi connectivity index (χ3n) is 2.03. The molecule has 0 saturated carbocycles. The molecule has 0 aromatic rings. The number of aliphatic hydroxyl groups excluding tert-OH is 1. The van der Waals surface area contributed by atoms with Crippen LogP contribution in [0.2, 0.25) is 0 Å². The maximum atomic E-state index is 8.56. The number of rotatable bonds is 7. The zero-order chi connectivity index (χ0) is 9.23. The van der Waals surface area contributed by atoms with E-state index >= 15 is 0 Å². The fraction of sp³-hybridized carbons (Fsp3) is 0.818. The molecule has 0 atom stereocenters. The Balaban J connectivity index is 3.29. The lowest BCUT2D eigenvalue weighted by molar-refractivity contribution is 0.289. The van der Waals surface area contributed by atoms with Crippen molar-refractivity contribution in [3.05, 3.63) is 11.6 Å². The number of hydrogen-bond acceptors (Lipinski definition) is 1. The number of hydrogen-bond donors (Lipinski definition) is 1. The van der Waals surface area contributed by atoms with Gasteiger partial charge in [0.05, 0.1) is 0 Å². The molecule has 0 aromatic carbocycles. The van der Waals surface area contributed by atoms with Crippen LogP contribution in [0.1, 0.15) is 52.4 Å². The number of aliphatic hydroxyl groups is 1. The fourth-order valence-electron chi connectivity index (χ4n) is 1.20. The van der Waals surface area contributed by atoms with E-state index in [2.05, 4.69) is 19.9 Å². The van der Waals surface area contributed by atoms with Gasteiger partial charge in [0.15, 0.2) is 0 Å². The van der Waals surface area contributed by atoms with E-state index in [9.17, 15) is 0 Å². The highest BCUT2D eigenvalue weighted by Crippen LogP contribution is 2.09. The van der Waals surface area contributed by atoms with Crippen molar-refractivity contribution in [3.63, 3.8) is 0 Å². The average Bonchev–Trinajstić information content (AvgIpc) is 2.06. The lowest BCUT2D eigenvalue weighted by atomic mass is 10.1. The molecule has 1 nitrogen and oxygen atoms in total. The molecule has 12 heavy (non-hydrogen) atoms. The maximum Gasteiger partial charge on any atom is 0.0433 e. The van der Waals surface area contributed by atoms with Gasteiger partial charge in [-0.05, 0) is 32.6 Å². The summed E-state index contributed by atoms with van der Waals surface area (Å²) < 4.78 is 0. The van der Waals surface area contributed by atoms with Crippen LogP contribution in [0.4, 0.5) is 0 Å². The zero-order valence-corrected chi connectivity index (χ0v) is 8.47. The summed E-state index contributed by atoms with van der Waals surface area (Å²) in [4.78, 5) is 0. The van der Waals surface area contributed by atoms with Gasteiger partial charge in [0.1, 0.15) is 0 Å². The van der Waals surface area contributed by atoms with Crippen molar-refractivity contribution in [2.24, 2.45) is 0 Å². The third kappa shape index (κ3) is 7.80. The molecular formula is C11H22O. The molecule has 0 saturated heterocycles. The molecule has 1 heteroatoms. The zero-order valence-electron chi connectivity index (χ0n) is 8.47. The van der Waals surface area contributed by atoms with Crippen molar-refractivity contribution in [2.75, 3.05) is 6.61 Å². The van der Waals surface area contributed by atoms with Gasteiger partial charge in [-0.1, -0.05) is 31.4 Å². The summed E-state index contributed by atoms with van der Waals surface area (Å²) in [6.45, 7) is 4.73. The second-order valence-corrected chi connectivity index (χ2v) is 3.37. The second kappa shape index (κ2) is 8.79. The minimum Gasteiger partial charge on any atom is -0.396 e. The SMILES string of the molecule is CCCCCC(C)=CCCCO. The highest BCUT2D eigenvalue weighted by Gasteiger charge is 1.89. The number of unbranched alkanes of at least 4 members (excludes halogenated alkanes) is 3. The Morgan fingerprint density at radius 2 is 2.00 bits per heavy atom. The molecule has 0 heterocycles. The van der Waals surface area contributed by atoms with Gasteiger partial charge in [-0.25, -0.2) is 0 Å². The topological polar surface area (TPSA) is 20.2 Å². The van der Waals surface area contributed by atoms with Crippen LogP contribution in [0.3, 0.4) is 0 Å². The number of allylic oxidation sites excluding steroid dienone is 2. The van der Waals surface area contributed by atoms with Crippen molar-refractivity contribution < 1.29 is 5.11 Å². The fourth-order valence-corrected chi connectivity index (χ4v) is 1.20. The van der Waals surface area contributed by atoms with E-state index in [1.54, 1.807) is 0 Å². The van der Waals surface area contributed by atoms with E-state index in [-0.39, 0.29) is 0 Å². The first kappa shape index (κ1) is 11.7. The molecule has 0 spiro atoms. The maximum absolute atomic E-state index is 8.56. The Kier molecular flexibility index (Phi) is 8.57. The predicted molar refractivity (Wildman–Crippen MR) is 54.2 cm³/mol. The highest BCUT2D eigenvalue weighted by molar-refractivity contribution is 4.97. The van der Waals surface area contributed by atoms with Crippen LogP contribution in [0.25, 0.3) is 0 Å². The molecule has 0 rings (SSSR count). The van der Waals surface area contributed by atoms with E-state index in [0.717, 1.165) is 12.8 Å². The quantitative estimate of drug-likeness (QED) is 0.459. The molecule has 0 aromatic heterocycles. The van der Waals surface area contributed by atoms with Crippen LogP contribution in [0.15, 0.2) is 11.6 Å². The van der Waals surface area contributed by atoms with Crippen molar-refractivity contribution in [3.8, 4) is 0 Å². The predicted octanol–water partition coefficient (Wildman–Crippen LogP) is 3.29. The Labute approximate surface area is 76.5 Å². The van der Waals surface area contributed by atoms with Crippen molar-refractivity contribution in [1.29, 1.82) is 0 Å². The Hall–Kier alpha value is -0.300. The van der Waals surface area contributed by atoms with Gasteiger partial charge in [-0.2, -0.15) is 0 Å². The van der Waals surface area contributed by atoms with E-state index in [0.29, 0.717) is 6.61 Å². The van der Waals surface area contributed by atoms with Crippen LogP contribution in [-0.2, 0) is 0 Å². The van der Waals surface area contributed by atoms with Gasteiger partial charge >= 0.3 is 0 Å². The molecule has 0 aliphatic rings. The molecule has 0 aliphatic carbocycles. The van der Waals surface area contributed by atoms with Crippen LogP contribution in [-0.4, -0.2) is 11.7 Å². The van der Waals surface area contributed by atoms with Gasteiger partial charge in [0, 0.05) is 6.61 Å². The summed E-state index contributed by atoms with van der Waals surface area (Å²) in [7, 11) is 0. The summed E-state index contributed by atoms with van der Waals surface area (Å²) in [5.41, 5.74) is 1.48. The third-order valence-corrected chi connectivity index (χ3v) is 2.03. The first-order valence-electron chi connectivity index (χ1n) is 5.07. The standard InChI is InChI=1S/C11H22O/c1-3-4-5-8-11(2)9-6-7-10-12/h9,12H,3-8,10H2,1-2H3. The summed E-state index contributed by atoms with van der Waals surface area (Å²) in [6, 6.07) is 0. The molecule has 72 valence electrons. The van der Waals surface area contributed by atoms with E-state index in [4.69, 9.17) is 5.11 Å². The summed E-state index contributed by atoms with van der Waals surface area (Å²) in [5, 5.41) is 8.56. The van der Waals surface area contributed by atoms with Gasteiger partial charge in [-0.3, -0.25) is 0 Å². The molecule has 0 amide bonds. The molecule has 0 radical (unpaired) electrons. The first-order valence-corrected chi connectivity index (χ1v) is 5.07. The first-order chi connectivity index (χ1) is 5.81. The molecule has 0 fully saturated rings. The largest absolute Gasteiger partial charge is 0.396 e. The monoisotopic (exact) mass is 170 g/mol. The highest BCUT2D eigenvalue weighted by atomic mass is 16.2. The Bertz CT molecular complexity index is 116. The van der Waals surface area contributed by atoms with Gasteiger partial charge in [-0.15, -0.1) is 0 Å². The summed E-state index contributed by atoms with van der Waals surface area (Å²) >= 11 is 0. The van der Waals surface area contributed by atoms with E-state index in [1.807, 2.05) is 0 Å². The Morgan fingerprint density at radius 1 is 1.25 bits per heavy atom. The second-order valence-electron chi connectivity index (χ2n) is 3.37. The van der Waals surface area contributed by atoms with Crippen LogP contribution in [0.5, 0.6) is 0 Å². The van der Waals surface area contributed by atoms with Crippen molar-refractivity contribution >= 4 is 0 Å². The van der Waals surface area contributed by atoms with Crippen LogP contribution in [0, 0.1) is 0 Å². The summed E-state index contributed by atoms with van der Waals surface area (Å²) in [5.74, 6) is 0. The van der Waals surface area contributed by atoms with Gasteiger partial charge in [0.25, 0.3) is 0 Å². The van der Waals surface area contributed by atoms with Gasteiger partial charge < -0.3 is 5.11 Å². The molecule has 0 bridgehead atoms. The minimum atomic E-state index is 0.318. The molecule has 0 aliphatic heterocycles. The average molecular weight is 170 g/mol. The Morgan fingerprint density at radius 3 is 2.58 bits per heavy atom. The van der Waals surface area contributed by atoms with E-state index in [1.165, 1.54) is 31.3 Å². The lowest BCUT2D eigenvalue weighted by Crippen LogP contribution is -1.82. The van der Waals surface area contributed by atoms with Crippen LogP contribution >= 0.6 is 0 Å². The van der Waals surface area contributed by atoms with Crippen molar-refractivity contribution in [2.45, 2.75) is 52.4 Å². The van der Waals surface area contributed by atoms with Crippen LogP contribution < -0.4 is 0 Å². The molecule has 0 unspecified atom stereocenters. The van der Waals surface area contributed by atoms with Crippen molar-refractivity contribution in [1.82, 2.24) is 0 Å². The molecule has 1 N–H and O–H groups in total.